The third-order valence-electron chi connectivity index (χ3n) is 5.97. The highest BCUT2D eigenvalue weighted by Crippen LogP contribution is 2.29. The molecule has 148 valence electrons. The first-order valence-electron chi connectivity index (χ1n) is 10.0. The molecule has 1 aromatic carbocycles. The van der Waals surface area contributed by atoms with Gasteiger partial charge >= 0.3 is 0 Å². The van der Waals surface area contributed by atoms with Crippen molar-refractivity contribution in [1.29, 1.82) is 0 Å². The molecule has 0 bridgehead atoms. The third kappa shape index (κ3) is 3.61. The Morgan fingerprint density at radius 1 is 1.21 bits per heavy atom. The van der Waals surface area contributed by atoms with Gasteiger partial charge in [0.1, 0.15) is 11.6 Å². The molecule has 28 heavy (non-hydrogen) atoms. The van der Waals surface area contributed by atoms with E-state index in [1.54, 1.807) is 7.11 Å². The fourth-order valence-electron chi connectivity index (χ4n) is 4.23. The van der Waals surface area contributed by atoms with E-state index in [1.165, 1.54) is 0 Å². The number of benzene rings is 1. The van der Waals surface area contributed by atoms with Gasteiger partial charge < -0.3 is 14.5 Å². The predicted octanol–water partition coefficient (Wildman–Crippen LogP) is 2.80. The van der Waals surface area contributed by atoms with Crippen molar-refractivity contribution >= 4 is 5.91 Å². The topological polar surface area (TPSA) is 58.6 Å². The monoisotopic (exact) mass is 380 g/mol. The van der Waals surface area contributed by atoms with Gasteiger partial charge in [-0.3, -0.25) is 4.79 Å². The van der Waals surface area contributed by atoms with E-state index in [0.29, 0.717) is 30.3 Å². The zero-order valence-electron chi connectivity index (χ0n) is 16.9. The van der Waals surface area contributed by atoms with Gasteiger partial charge in [0.15, 0.2) is 0 Å². The summed E-state index contributed by atoms with van der Waals surface area (Å²) in [5, 5.41) is 0. The minimum absolute atomic E-state index is 0.00518. The number of hydrogen-bond acceptors (Lipinski definition) is 5. The lowest BCUT2D eigenvalue weighted by Gasteiger charge is -2.31. The summed E-state index contributed by atoms with van der Waals surface area (Å²) >= 11 is 0. The number of aryl methyl sites for hydroxylation is 1. The lowest BCUT2D eigenvalue weighted by Crippen LogP contribution is -2.37. The zero-order valence-corrected chi connectivity index (χ0v) is 16.9. The molecule has 6 heteroatoms. The van der Waals surface area contributed by atoms with Gasteiger partial charge in [-0.2, -0.15) is 0 Å². The van der Waals surface area contributed by atoms with Crippen molar-refractivity contribution in [2.24, 2.45) is 0 Å². The van der Waals surface area contributed by atoms with E-state index in [1.807, 2.05) is 36.2 Å². The van der Waals surface area contributed by atoms with Crippen LogP contribution in [0.4, 0.5) is 0 Å². The first-order chi connectivity index (χ1) is 13.6. The standard InChI is InChI=1S/C22H28N4O2/c1-15-5-4-6-18(20(15)28-3)22(27)26-12-9-19-17(14-26)13-23-21(24-19)16-7-10-25(2)11-8-16/h4-6,13,16H,7-12,14H2,1-3H3. The molecule has 6 nitrogen and oxygen atoms in total. The molecule has 2 aliphatic rings. The van der Waals surface area contributed by atoms with Gasteiger partial charge in [-0.15, -0.1) is 0 Å². The zero-order chi connectivity index (χ0) is 19.7. The van der Waals surface area contributed by atoms with Crippen LogP contribution in [0.25, 0.3) is 0 Å². The molecule has 2 aliphatic heterocycles. The van der Waals surface area contributed by atoms with Crippen molar-refractivity contribution in [2.75, 3.05) is 33.8 Å². The molecule has 1 aromatic heterocycles. The fraction of sp³-hybridized carbons (Fsp3) is 0.500. The van der Waals surface area contributed by atoms with Gasteiger partial charge in [0.25, 0.3) is 5.91 Å². The molecule has 3 heterocycles. The Morgan fingerprint density at radius 2 is 2.00 bits per heavy atom. The molecule has 0 N–H and O–H groups in total. The molecule has 1 saturated heterocycles. The van der Waals surface area contributed by atoms with Crippen molar-refractivity contribution in [3.63, 3.8) is 0 Å². The minimum atomic E-state index is 0.00518. The number of ether oxygens (including phenoxy) is 1. The van der Waals surface area contributed by atoms with Crippen LogP contribution in [-0.4, -0.2) is 59.5 Å². The SMILES string of the molecule is COc1c(C)cccc1C(=O)N1CCc2nc(C3CCN(C)CC3)ncc2C1. The highest BCUT2D eigenvalue weighted by atomic mass is 16.5. The average Bonchev–Trinajstić information content (AvgIpc) is 2.73. The second-order valence-corrected chi connectivity index (χ2v) is 7.91. The van der Waals surface area contributed by atoms with Crippen LogP contribution in [0, 0.1) is 6.92 Å². The van der Waals surface area contributed by atoms with Crippen molar-refractivity contribution < 1.29 is 9.53 Å². The highest BCUT2D eigenvalue weighted by Gasteiger charge is 2.27. The van der Waals surface area contributed by atoms with E-state index in [2.05, 4.69) is 16.9 Å². The number of fused-ring (bicyclic) bond motifs is 1. The number of aromatic nitrogens is 2. The van der Waals surface area contributed by atoms with E-state index < -0.39 is 0 Å². The maximum absolute atomic E-state index is 13.1. The summed E-state index contributed by atoms with van der Waals surface area (Å²) in [4.78, 5) is 26.9. The number of hydrogen-bond donors (Lipinski definition) is 0. The largest absolute Gasteiger partial charge is 0.496 e. The van der Waals surface area contributed by atoms with Gasteiger partial charge in [-0.1, -0.05) is 12.1 Å². The van der Waals surface area contributed by atoms with Crippen molar-refractivity contribution in [3.8, 4) is 5.75 Å². The number of amides is 1. The Hall–Kier alpha value is -2.47. The Kier molecular flexibility index (Phi) is 5.31. The summed E-state index contributed by atoms with van der Waals surface area (Å²) in [5.41, 5.74) is 3.75. The first kappa shape index (κ1) is 18.9. The van der Waals surface area contributed by atoms with E-state index >= 15 is 0 Å². The Balaban J connectivity index is 1.51. The number of carbonyl (C=O) groups excluding carboxylic acids is 1. The molecule has 2 aromatic rings. The van der Waals surface area contributed by atoms with Crippen molar-refractivity contribution in [3.05, 3.63) is 52.6 Å². The lowest BCUT2D eigenvalue weighted by molar-refractivity contribution is 0.0729. The molecule has 0 saturated carbocycles. The predicted molar refractivity (Wildman–Crippen MR) is 108 cm³/mol. The van der Waals surface area contributed by atoms with E-state index in [0.717, 1.165) is 55.0 Å². The lowest BCUT2D eigenvalue weighted by atomic mass is 9.95. The Morgan fingerprint density at radius 3 is 2.75 bits per heavy atom. The van der Waals surface area contributed by atoms with Gasteiger partial charge in [0.2, 0.25) is 0 Å². The molecule has 0 aliphatic carbocycles. The van der Waals surface area contributed by atoms with Gasteiger partial charge in [-0.05, 0) is 51.5 Å². The smallest absolute Gasteiger partial charge is 0.257 e. The molecule has 0 atom stereocenters. The van der Waals surface area contributed by atoms with E-state index in [9.17, 15) is 4.79 Å². The van der Waals surface area contributed by atoms with Crippen LogP contribution in [0.5, 0.6) is 5.75 Å². The number of carbonyl (C=O) groups is 1. The fourth-order valence-corrected chi connectivity index (χ4v) is 4.23. The molecule has 1 amide bonds. The summed E-state index contributed by atoms with van der Waals surface area (Å²) in [5.74, 6) is 2.10. The van der Waals surface area contributed by atoms with E-state index in [-0.39, 0.29) is 5.91 Å². The van der Waals surface area contributed by atoms with Gasteiger partial charge in [0.05, 0.1) is 18.4 Å². The number of likely N-dealkylation sites (tertiary alicyclic amines) is 1. The number of para-hydroxylation sites is 1. The third-order valence-corrected chi connectivity index (χ3v) is 5.97. The average molecular weight is 380 g/mol. The molecule has 4 rings (SSSR count). The molecule has 0 radical (unpaired) electrons. The Labute approximate surface area is 166 Å². The second-order valence-electron chi connectivity index (χ2n) is 7.91. The summed E-state index contributed by atoms with van der Waals surface area (Å²) in [6.45, 7) is 5.39. The number of nitrogens with zero attached hydrogens (tertiary/aromatic N) is 4. The summed E-state index contributed by atoms with van der Waals surface area (Å²) in [6.07, 6.45) is 4.94. The summed E-state index contributed by atoms with van der Waals surface area (Å²) in [6, 6.07) is 5.70. The molecule has 1 fully saturated rings. The molecular formula is C22H28N4O2. The maximum Gasteiger partial charge on any atom is 0.257 e. The Bertz CT molecular complexity index is 875. The number of piperidine rings is 1. The first-order valence-corrected chi connectivity index (χ1v) is 10.0. The second kappa shape index (κ2) is 7.87. The van der Waals surface area contributed by atoms with Crippen LogP contribution in [0.15, 0.2) is 24.4 Å². The molecule has 0 unspecified atom stereocenters. The number of rotatable bonds is 3. The van der Waals surface area contributed by atoms with Crippen LogP contribution in [-0.2, 0) is 13.0 Å². The quantitative estimate of drug-likeness (QED) is 0.820. The van der Waals surface area contributed by atoms with Crippen LogP contribution < -0.4 is 4.74 Å². The maximum atomic E-state index is 13.1. The highest BCUT2D eigenvalue weighted by molar-refractivity contribution is 5.97. The van der Waals surface area contributed by atoms with Gasteiger partial charge in [0, 0.05) is 37.2 Å². The van der Waals surface area contributed by atoms with Gasteiger partial charge in [-0.25, -0.2) is 9.97 Å². The molecule has 0 spiro atoms. The van der Waals surface area contributed by atoms with E-state index in [4.69, 9.17) is 9.72 Å². The van der Waals surface area contributed by atoms with Crippen molar-refractivity contribution in [2.45, 2.75) is 38.6 Å². The van der Waals surface area contributed by atoms with Crippen LogP contribution >= 0.6 is 0 Å². The minimum Gasteiger partial charge on any atom is -0.496 e. The van der Waals surface area contributed by atoms with Crippen LogP contribution in [0.1, 0.15) is 51.8 Å². The number of methoxy groups -OCH3 is 1. The molecular weight excluding hydrogens is 352 g/mol. The summed E-state index contributed by atoms with van der Waals surface area (Å²) < 4.78 is 5.47. The summed E-state index contributed by atoms with van der Waals surface area (Å²) in [7, 11) is 3.78. The van der Waals surface area contributed by atoms with Crippen LogP contribution in [0.2, 0.25) is 0 Å². The van der Waals surface area contributed by atoms with Crippen molar-refractivity contribution in [1.82, 2.24) is 19.8 Å². The normalized spacial score (nSPS) is 18.0. The van der Waals surface area contributed by atoms with Crippen LogP contribution in [0.3, 0.4) is 0 Å².